The van der Waals surface area contributed by atoms with E-state index in [1.165, 1.54) is 16.3 Å². The van der Waals surface area contributed by atoms with Crippen LogP contribution in [-0.4, -0.2) is 38.7 Å². The third-order valence-electron chi connectivity index (χ3n) is 3.50. The highest BCUT2D eigenvalue weighted by atomic mass is 16.5. The van der Waals surface area contributed by atoms with E-state index in [9.17, 15) is 0 Å². The fourth-order valence-electron chi connectivity index (χ4n) is 2.36. The number of ether oxygens (including phenoxy) is 1. The number of rotatable bonds is 8. The molecule has 0 unspecified atom stereocenters. The number of nitrogens with zero attached hydrogens (tertiary/aromatic N) is 1. The van der Waals surface area contributed by atoms with Crippen LogP contribution in [0.25, 0.3) is 10.8 Å². The molecular weight excluding hydrogens is 260 g/mol. The van der Waals surface area contributed by atoms with Crippen molar-refractivity contribution in [3.05, 3.63) is 42.0 Å². The standard InChI is InChI=1S/C18H26N2O/c1-4-13-21-18-10-9-15-7-5-6-8-16(15)17(18)14-19-11-12-20(2)3/h5-10,19H,4,11-14H2,1-3H3. The van der Waals surface area contributed by atoms with Crippen LogP contribution in [0.1, 0.15) is 18.9 Å². The van der Waals surface area contributed by atoms with Gasteiger partial charge in [-0.2, -0.15) is 0 Å². The number of hydrogen-bond acceptors (Lipinski definition) is 3. The maximum absolute atomic E-state index is 5.92. The van der Waals surface area contributed by atoms with E-state index >= 15 is 0 Å². The summed E-state index contributed by atoms with van der Waals surface area (Å²) in [7, 11) is 4.19. The molecule has 3 nitrogen and oxygen atoms in total. The van der Waals surface area contributed by atoms with Gasteiger partial charge in [-0.05, 0) is 37.4 Å². The zero-order chi connectivity index (χ0) is 15.1. The number of nitrogens with one attached hydrogen (secondary N) is 1. The van der Waals surface area contributed by atoms with E-state index in [1.807, 2.05) is 0 Å². The molecule has 21 heavy (non-hydrogen) atoms. The SMILES string of the molecule is CCCOc1ccc2ccccc2c1CNCCN(C)C. The third kappa shape index (κ3) is 4.45. The van der Waals surface area contributed by atoms with Gasteiger partial charge in [0, 0.05) is 25.2 Å². The van der Waals surface area contributed by atoms with Crippen LogP contribution in [0.2, 0.25) is 0 Å². The van der Waals surface area contributed by atoms with Crippen LogP contribution in [0, 0.1) is 0 Å². The van der Waals surface area contributed by atoms with E-state index in [0.29, 0.717) is 0 Å². The maximum atomic E-state index is 5.92. The molecule has 0 atom stereocenters. The van der Waals surface area contributed by atoms with Gasteiger partial charge >= 0.3 is 0 Å². The summed E-state index contributed by atoms with van der Waals surface area (Å²) in [5.41, 5.74) is 1.26. The number of benzene rings is 2. The molecule has 0 aliphatic rings. The maximum Gasteiger partial charge on any atom is 0.124 e. The Hall–Kier alpha value is -1.58. The summed E-state index contributed by atoms with van der Waals surface area (Å²) >= 11 is 0. The van der Waals surface area contributed by atoms with Gasteiger partial charge < -0.3 is 15.0 Å². The lowest BCUT2D eigenvalue weighted by molar-refractivity contribution is 0.313. The molecule has 0 aliphatic heterocycles. The number of likely N-dealkylation sites (N-methyl/N-ethyl adjacent to an activating group) is 1. The van der Waals surface area contributed by atoms with Gasteiger partial charge in [0.1, 0.15) is 5.75 Å². The summed E-state index contributed by atoms with van der Waals surface area (Å²) in [5, 5.41) is 6.07. The van der Waals surface area contributed by atoms with Crippen molar-refractivity contribution in [3.63, 3.8) is 0 Å². The first-order chi connectivity index (χ1) is 10.2. The minimum absolute atomic E-state index is 0.767. The van der Waals surface area contributed by atoms with Gasteiger partial charge in [-0.3, -0.25) is 0 Å². The number of hydrogen-bond donors (Lipinski definition) is 1. The summed E-state index contributed by atoms with van der Waals surface area (Å²) in [5.74, 6) is 1.01. The number of fused-ring (bicyclic) bond motifs is 1. The summed E-state index contributed by atoms with van der Waals surface area (Å²) in [4.78, 5) is 2.19. The van der Waals surface area contributed by atoms with Crippen molar-refractivity contribution < 1.29 is 4.74 Å². The second-order valence-electron chi connectivity index (χ2n) is 5.59. The van der Waals surface area contributed by atoms with Gasteiger partial charge in [0.25, 0.3) is 0 Å². The van der Waals surface area contributed by atoms with Crippen molar-refractivity contribution in [1.82, 2.24) is 10.2 Å². The van der Waals surface area contributed by atoms with Crippen LogP contribution < -0.4 is 10.1 Å². The largest absolute Gasteiger partial charge is 0.493 e. The van der Waals surface area contributed by atoms with Crippen LogP contribution in [0.3, 0.4) is 0 Å². The minimum Gasteiger partial charge on any atom is -0.493 e. The van der Waals surface area contributed by atoms with Gasteiger partial charge in [-0.15, -0.1) is 0 Å². The van der Waals surface area contributed by atoms with Gasteiger partial charge in [0.05, 0.1) is 6.61 Å². The zero-order valence-corrected chi connectivity index (χ0v) is 13.4. The summed E-state index contributed by atoms with van der Waals surface area (Å²) < 4.78 is 5.92. The Morgan fingerprint density at radius 3 is 2.67 bits per heavy atom. The van der Waals surface area contributed by atoms with Crippen LogP contribution in [-0.2, 0) is 6.54 Å². The van der Waals surface area contributed by atoms with Gasteiger partial charge in [-0.25, -0.2) is 0 Å². The molecule has 0 amide bonds. The molecule has 0 spiro atoms. The molecular formula is C18H26N2O. The molecule has 2 rings (SSSR count). The molecule has 0 aliphatic carbocycles. The van der Waals surface area contributed by atoms with E-state index < -0.39 is 0 Å². The lowest BCUT2D eigenvalue weighted by atomic mass is 10.0. The molecule has 0 fully saturated rings. The highest BCUT2D eigenvalue weighted by molar-refractivity contribution is 5.87. The van der Waals surface area contributed by atoms with E-state index in [0.717, 1.165) is 38.4 Å². The van der Waals surface area contributed by atoms with Gasteiger partial charge in [-0.1, -0.05) is 37.3 Å². The first kappa shape index (κ1) is 15.8. The summed E-state index contributed by atoms with van der Waals surface area (Å²) in [6, 6.07) is 12.7. The predicted molar refractivity (Wildman–Crippen MR) is 90.0 cm³/mol. The second kappa shape index (κ2) is 8.01. The molecule has 0 radical (unpaired) electrons. The van der Waals surface area contributed by atoms with Crippen LogP contribution in [0.5, 0.6) is 5.75 Å². The lowest BCUT2D eigenvalue weighted by Gasteiger charge is -2.16. The van der Waals surface area contributed by atoms with E-state index in [1.54, 1.807) is 0 Å². The van der Waals surface area contributed by atoms with E-state index in [2.05, 4.69) is 67.6 Å². The van der Waals surface area contributed by atoms with Crippen molar-refractivity contribution in [2.75, 3.05) is 33.8 Å². The second-order valence-corrected chi connectivity index (χ2v) is 5.59. The average molecular weight is 286 g/mol. The van der Waals surface area contributed by atoms with Crippen molar-refractivity contribution in [3.8, 4) is 5.75 Å². The molecule has 3 heteroatoms. The molecule has 0 bridgehead atoms. The molecule has 1 N–H and O–H groups in total. The molecule has 2 aromatic rings. The summed E-state index contributed by atoms with van der Waals surface area (Å²) in [6.45, 7) is 5.76. The topological polar surface area (TPSA) is 24.5 Å². The zero-order valence-electron chi connectivity index (χ0n) is 13.4. The fourth-order valence-corrected chi connectivity index (χ4v) is 2.36. The van der Waals surface area contributed by atoms with Crippen molar-refractivity contribution in [2.45, 2.75) is 19.9 Å². The Morgan fingerprint density at radius 2 is 1.90 bits per heavy atom. The smallest absolute Gasteiger partial charge is 0.124 e. The monoisotopic (exact) mass is 286 g/mol. The normalized spacial score (nSPS) is 11.2. The molecule has 114 valence electrons. The molecule has 0 aromatic heterocycles. The van der Waals surface area contributed by atoms with Crippen LogP contribution in [0.4, 0.5) is 0 Å². The van der Waals surface area contributed by atoms with Crippen molar-refractivity contribution >= 4 is 10.8 Å². The molecule has 0 saturated carbocycles. The predicted octanol–water partition coefficient (Wildman–Crippen LogP) is 3.28. The first-order valence-corrected chi connectivity index (χ1v) is 7.71. The highest BCUT2D eigenvalue weighted by Gasteiger charge is 2.08. The fraction of sp³-hybridized carbons (Fsp3) is 0.444. The van der Waals surface area contributed by atoms with Crippen LogP contribution >= 0.6 is 0 Å². The van der Waals surface area contributed by atoms with Crippen molar-refractivity contribution in [1.29, 1.82) is 0 Å². The molecule has 0 heterocycles. The Bertz CT molecular complexity index is 566. The minimum atomic E-state index is 0.767. The Kier molecular flexibility index (Phi) is 6.03. The van der Waals surface area contributed by atoms with Crippen molar-refractivity contribution in [2.24, 2.45) is 0 Å². The molecule has 0 saturated heterocycles. The quantitative estimate of drug-likeness (QED) is 0.754. The lowest BCUT2D eigenvalue weighted by Crippen LogP contribution is -2.26. The third-order valence-corrected chi connectivity index (χ3v) is 3.50. The highest BCUT2D eigenvalue weighted by Crippen LogP contribution is 2.28. The van der Waals surface area contributed by atoms with E-state index in [-0.39, 0.29) is 0 Å². The first-order valence-electron chi connectivity index (χ1n) is 7.71. The van der Waals surface area contributed by atoms with Crippen LogP contribution in [0.15, 0.2) is 36.4 Å². The molecule has 2 aromatic carbocycles. The Balaban J connectivity index is 2.19. The van der Waals surface area contributed by atoms with Gasteiger partial charge in [0.15, 0.2) is 0 Å². The Labute approximate surface area is 127 Å². The summed E-state index contributed by atoms with van der Waals surface area (Å²) in [6.07, 6.45) is 1.03. The Morgan fingerprint density at radius 1 is 1.10 bits per heavy atom. The average Bonchev–Trinajstić information content (AvgIpc) is 2.49. The van der Waals surface area contributed by atoms with E-state index in [4.69, 9.17) is 4.74 Å². The van der Waals surface area contributed by atoms with Gasteiger partial charge in [0.2, 0.25) is 0 Å².